The number of hydrogen-bond donors (Lipinski definition) is 3. The van der Waals surface area contributed by atoms with Crippen LogP contribution in [0.1, 0.15) is 44.0 Å². The zero-order chi connectivity index (χ0) is 20.7. The highest BCUT2D eigenvalue weighted by molar-refractivity contribution is 6.06. The molecule has 0 aliphatic heterocycles. The molecule has 0 aliphatic rings. The molecule has 0 aliphatic carbocycles. The molecule has 2 atom stereocenters. The number of fused-ring (bicyclic) bond motifs is 1. The zero-order valence-electron chi connectivity index (χ0n) is 16.2. The lowest BCUT2D eigenvalue weighted by Crippen LogP contribution is -2.47. The van der Waals surface area contributed by atoms with Crippen molar-refractivity contribution in [2.45, 2.75) is 39.7 Å². The number of aromatic nitrogens is 1. The molecule has 0 bridgehead atoms. The molecular weight excluding hydrogens is 362 g/mol. The summed E-state index contributed by atoms with van der Waals surface area (Å²) in [5.74, 6) is -1.59. The summed E-state index contributed by atoms with van der Waals surface area (Å²) in [5.41, 5.74) is 0.395. The minimum atomic E-state index is -0.812. The van der Waals surface area contributed by atoms with Gasteiger partial charge in [0.15, 0.2) is 0 Å². The van der Waals surface area contributed by atoms with E-state index in [0.29, 0.717) is 23.7 Å². The smallest absolute Gasteiger partial charge is 0.413 e. The van der Waals surface area contributed by atoms with Gasteiger partial charge in [-0.3, -0.25) is 19.7 Å². The third-order valence-corrected chi connectivity index (χ3v) is 4.39. The third-order valence-electron chi connectivity index (χ3n) is 4.39. The lowest BCUT2D eigenvalue weighted by molar-refractivity contribution is -0.125. The Kier molecular flexibility index (Phi) is 7.31. The van der Waals surface area contributed by atoms with Crippen LogP contribution < -0.4 is 16.2 Å². The predicted octanol–water partition coefficient (Wildman–Crippen LogP) is 2.34. The van der Waals surface area contributed by atoms with Crippen molar-refractivity contribution in [1.29, 1.82) is 0 Å². The molecule has 2 rings (SSSR count). The van der Waals surface area contributed by atoms with Gasteiger partial charge < -0.3 is 15.0 Å². The fourth-order valence-corrected chi connectivity index (χ4v) is 3.06. The standard InChI is InChI=1S/C20H25N3O5/c1-4-8-13(18(25)23-20(27)28-5-2)12(3)21-19(26)15-11-17(24)22-16-10-7-6-9-14(15)16/h6-7,9-13H,4-5,8H2,1-3H3,(H,21,26)(H,22,24)(H,23,25,27). The second-order valence-electron chi connectivity index (χ2n) is 6.46. The topological polar surface area (TPSA) is 117 Å². The van der Waals surface area contributed by atoms with Crippen LogP contribution in [0.4, 0.5) is 4.79 Å². The van der Waals surface area contributed by atoms with Gasteiger partial charge in [-0.25, -0.2) is 4.79 Å². The highest BCUT2D eigenvalue weighted by Gasteiger charge is 2.28. The molecule has 3 amide bonds. The van der Waals surface area contributed by atoms with Crippen LogP contribution in [-0.2, 0) is 9.53 Å². The Morgan fingerprint density at radius 2 is 1.89 bits per heavy atom. The molecule has 0 radical (unpaired) electrons. The number of carbonyl (C=O) groups is 3. The largest absolute Gasteiger partial charge is 0.450 e. The summed E-state index contributed by atoms with van der Waals surface area (Å²) in [6.07, 6.45) is 0.352. The van der Waals surface area contributed by atoms with E-state index in [0.717, 1.165) is 0 Å². The Morgan fingerprint density at radius 3 is 2.57 bits per heavy atom. The first kappa shape index (κ1) is 21.1. The van der Waals surface area contributed by atoms with Crippen molar-refractivity contribution in [3.05, 3.63) is 46.2 Å². The Bertz CT molecular complexity index is 921. The van der Waals surface area contributed by atoms with Gasteiger partial charge in [0, 0.05) is 23.0 Å². The first-order valence-corrected chi connectivity index (χ1v) is 9.27. The molecule has 0 spiro atoms. The fourth-order valence-electron chi connectivity index (χ4n) is 3.06. The van der Waals surface area contributed by atoms with Gasteiger partial charge in [0.05, 0.1) is 18.1 Å². The Hall–Kier alpha value is -3.16. The number of carbonyl (C=O) groups excluding carboxylic acids is 3. The summed E-state index contributed by atoms with van der Waals surface area (Å²) < 4.78 is 4.74. The van der Waals surface area contributed by atoms with Gasteiger partial charge in [0.25, 0.3) is 5.91 Å². The minimum Gasteiger partial charge on any atom is -0.450 e. The zero-order valence-corrected chi connectivity index (χ0v) is 16.2. The van der Waals surface area contributed by atoms with Gasteiger partial charge in [0.2, 0.25) is 11.5 Å². The molecule has 0 fully saturated rings. The number of H-pyrrole nitrogens is 1. The monoisotopic (exact) mass is 387 g/mol. The van der Waals surface area contributed by atoms with Crippen molar-refractivity contribution in [2.24, 2.45) is 5.92 Å². The summed E-state index contributed by atoms with van der Waals surface area (Å²) in [6.45, 7) is 5.39. The number of hydrogen-bond acceptors (Lipinski definition) is 5. The average Bonchev–Trinajstić information content (AvgIpc) is 2.65. The maximum absolute atomic E-state index is 12.8. The second-order valence-corrected chi connectivity index (χ2v) is 6.46. The van der Waals surface area contributed by atoms with E-state index < -0.39 is 29.9 Å². The lowest BCUT2D eigenvalue weighted by atomic mass is 9.94. The lowest BCUT2D eigenvalue weighted by Gasteiger charge is -2.23. The maximum Gasteiger partial charge on any atom is 0.413 e. The van der Waals surface area contributed by atoms with Crippen molar-refractivity contribution < 1.29 is 19.1 Å². The minimum absolute atomic E-state index is 0.152. The van der Waals surface area contributed by atoms with E-state index in [2.05, 4.69) is 15.6 Å². The molecule has 0 saturated carbocycles. The van der Waals surface area contributed by atoms with Crippen LogP contribution in [0.5, 0.6) is 0 Å². The molecule has 1 aromatic heterocycles. The Balaban J connectivity index is 2.20. The number of alkyl carbamates (subject to hydrolysis) is 1. The van der Waals surface area contributed by atoms with Gasteiger partial charge >= 0.3 is 6.09 Å². The number of nitrogens with one attached hydrogen (secondary N) is 3. The quantitative estimate of drug-likeness (QED) is 0.674. The van der Waals surface area contributed by atoms with E-state index in [4.69, 9.17) is 4.74 Å². The van der Waals surface area contributed by atoms with E-state index in [1.807, 2.05) is 6.92 Å². The maximum atomic E-state index is 12.8. The molecule has 1 heterocycles. The van der Waals surface area contributed by atoms with Gasteiger partial charge in [0.1, 0.15) is 0 Å². The van der Waals surface area contributed by atoms with E-state index in [9.17, 15) is 19.2 Å². The molecule has 28 heavy (non-hydrogen) atoms. The number of pyridine rings is 1. The highest BCUT2D eigenvalue weighted by atomic mass is 16.5. The number of benzene rings is 1. The van der Waals surface area contributed by atoms with Gasteiger partial charge in [-0.1, -0.05) is 31.5 Å². The number of imide groups is 1. The predicted molar refractivity (Wildman–Crippen MR) is 105 cm³/mol. The van der Waals surface area contributed by atoms with E-state index >= 15 is 0 Å². The summed E-state index contributed by atoms with van der Waals surface area (Å²) in [4.78, 5) is 51.3. The molecule has 3 N–H and O–H groups in total. The highest BCUT2D eigenvalue weighted by Crippen LogP contribution is 2.17. The third kappa shape index (κ3) is 5.18. The van der Waals surface area contributed by atoms with Crippen LogP contribution in [-0.4, -0.2) is 35.5 Å². The average molecular weight is 387 g/mol. The van der Waals surface area contributed by atoms with Gasteiger partial charge in [-0.15, -0.1) is 0 Å². The van der Waals surface area contributed by atoms with Crippen molar-refractivity contribution in [3.63, 3.8) is 0 Å². The first-order valence-electron chi connectivity index (χ1n) is 9.27. The molecular formula is C20H25N3O5. The fraction of sp³-hybridized carbons (Fsp3) is 0.400. The van der Waals surface area contributed by atoms with Crippen LogP contribution >= 0.6 is 0 Å². The molecule has 0 saturated heterocycles. The molecule has 2 aromatic rings. The van der Waals surface area contributed by atoms with Gasteiger partial charge in [-0.2, -0.15) is 0 Å². The SMILES string of the molecule is CCCC(C(=O)NC(=O)OCC)C(C)NC(=O)c1cc(=O)[nH]c2ccccc12. The number of aromatic amines is 1. The van der Waals surface area contributed by atoms with Crippen molar-refractivity contribution >= 4 is 28.8 Å². The molecule has 150 valence electrons. The van der Waals surface area contributed by atoms with E-state index in [1.54, 1.807) is 38.1 Å². The summed E-state index contributed by atoms with van der Waals surface area (Å²) >= 11 is 0. The van der Waals surface area contributed by atoms with Crippen LogP contribution in [0.25, 0.3) is 10.9 Å². The van der Waals surface area contributed by atoms with Gasteiger partial charge in [-0.05, 0) is 26.3 Å². The first-order chi connectivity index (χ1) is 13.4. The number of para-hydroxylation sites is 1. The van der Waals surface area contributed by atoms with Crippen LogP contribution in [0.15, 0.2) is 35.1 Å². The number of amides is 3. The van der Waals surface area contributed by atoms with Crippen LogP contribution in [0.3, 0.4) is 0 Å². The summed E-state index contributed by atoms with van der Waals surface area (Å²) in [7, 11) is 0. The number of ether oxygens (including phenoxy) is 1. The number of rotatable bonds is 7. The molecule has 2 unspecified atom stereocenters. The molecule has 1 aromatic carbocycles. The van der Waals surface area contributed by atoms with E-state index in [1.165, 1.54) is 6.07 Å². The van der Waals surface area contributed by atoms with Crippen LogP contribution in [0.2, 0.25) is 0 Å². The molecule has 8 heteroatoms. The van der Waals surface area contributed by atoms with Crippen molar-refractivity contribution in [1.82, 2.24) is 15.6 Å². The summed E-state index contributed by atoms with van der Waals surface area (Å²) in [5, 5.41) is 5.58. The van der Waals surface area contributed by atoms with Crippen molar-refractivity contribution in [2.75, 3.05) is 6.61 Å². The molecule has 8 nitrogen and oxygen atoms in total. The van der Waals surface area contributed by atoms with E-state index in [-0.39, 0.29) is 17.7 Å². The van der Waals surface area contributed by atoms with Crippen molar-refractivity contribution in [3.8, 4) is 0 Å². The Morgan fingerprint density at radius 1 is 1.18 bits per heavy atom. The normalized spacial score (nSPS) is 12.8. The van der Waals surface area contributed by atoms with Crippen LogP contribution in [0, 0.1) is 5.92 Å². The second kappa shape index (κ2) is 9.68. The summed E-state index contributed by atoms with van der Waals surface area (Å²) in [6, 6.07) is 7.66. The Labute approximate surface area is 162 Å².